The number of aromatic nitrogens is 2. The predicted molar refractivity (Wildman–Crippen MR) is 113 cm³/mol. The van der Waals surface area contributed by atoms with Crippen molar-refractivity contribution < 1.29 is 8.78 Å². The van der Waals surface area contributed by atoms with E-state index in [0.717, 1.165) is 37.1 Å². The second-order valence-electron chi connectivity index (χ2n) is 7.25. The van der Waals surface area contributed by atoms with Crippen LogP contribution in [0, 0.1) is 0 Å². The van der Waals surface area contributed by atoms with Gasteiger partial charge < -0.3 is 11.1 Å². The van der Waals surface area contributed by atoms with Crippen LogP contribution in [0.15, 0.2) is 41.4 Å². The molecule has 0 amide bonds. The lowest BCUT2D eigenvalue weighted by Crippen LogP contribution is -2.27. The van der Waals surface area contributed by atoms with Gasteiger partial charge in [0.05, 0.1) is 16.7 Å². The van der Waals surface area contributed by atoms with Gasteiger partial charge >= 0.3 is 0 Å². The zero-order chi connectivity index (χ0) is 20.4. The van der Waals surface area contributed by atoms with E-state index in [0.29, 0.717) is 28.3 Å². The van der Waals surface area contributed by atoms with E-state index in [-0.39, 0.29) is 11.3 Å². The Hall–Kier alpha value is -2.93. The van der Waals surface area contributed by atoms with E-state index < -0.39 is 6.43 Å². The molecule has 1 aliphatic heterocycles. The molecule has 1 fully saturated rings. The van der Waals surface area contributed by atoms with E-state index in [1.807, 2.05) is 18.2 Å². The number of halogens is 2. The fraction of sp³-hybridized carbons (Fsp3) is 0.318. The van der Waals surface area contributed by atoms with Gasteiger partial charge in [0.1, 0.15) is 0 Å². The van der Waals surface area contributed by atoms with Crippen LogP contribution in [0.5, 0.6) is 0 Å². The van der Waals surface area contributed by atoms with Crippen molar-refractivity contribution in [3.63, 3.8) is 0 Å². The number of nitrogen functional groups attached to an aromatic ring is 1. The van der Waals surface area contributed by atoms with Gasteiger partial charge in [0, 0.05) is 47.3 Å². The average Bonchev–Trinajstić information content (AvgIpc) is 2.75. The van der Waals surface area contributed by atoms with Crippen LogP contribution in [0.3, 0.4) is 0 Å². The molecular formula is C22H23F2N5. The summed E-state index contributed by atoms with van der Waals surface area (Å²) in [5.41, 5.74) is 9.98. The number of hydrogen-bond acceptors (Lipinski definition) is 5. The molecule has 1 aromatic carbocycles. The molecule has 0 bridgehead atoms. The maximum Gasteiger partial charge on any atom is 0.264 e. The van der Waals surface area contributed by atoms with E-state index >= 15 is 0 Å². The fourth-order valence-corrected chi connectivity index (χ4v) is 3.82. The van der Waals surface area contributed by atoms with Gasteiger partial charge in [-0.2, -0.15) is 0 Å². The lowest BCUT2D eigenvalue weighted by Gasteiger charge is -2.22. The summed E-state index contributed by atoms with van der Waals surface area (Å²) in [5, 5.41) is 3.36. The summed E-state index contributed by atoms with van der Waals surface area (Å²) in [7, 11) is 1.61. The lowest BCUT2D eigenvalue weighted by atomic mass is 9.94. The highest BCUT2D eigenvalue weighted by atomic mass is 19.3. The number of aliphatic imine (C=N–C) groups is 1. The van der Waals surface area contributed by atoms with Crippen LogP contribution in [0.25, 0.3) is 22.3 Å². The van der Waals surface area contributed by atoms with Gasteiger partial charge in [-0.3, -0.25) is 9.98 Å². The summed E-state index contributed by atoms with van der Waals surface area (Å²) in [6.45, 7) is 2.00. The van der Waals surface area contributed by atoms with E-state index in [4.69, 9.17) is 10.7 Å². The quantitative estimate of drug-likeness (QED) is 0.509. The number of nitrogens with two attached hydrogens (primary N) is 1. The second kappa shape index (κ2) is 8.21. The van der Waals surface area contributed by atoms with E-state index in [1.165, 1.54) is 6.07 Å². The molecule has 29 heavy (non-hydrogen) atoms. The van der Waals surface area contributed by atoms with E-state index in [2.05, 4.69) is 15.3 Å². The Morgan fingerprint density at radius 1 is 1.10 bits per heavy atom. The number of alkyl halides is 2. The van der Waals surface area contributed by atoms with Crippen LogP contribution in [0.2, 0.25) is 0 Å². The highest BCUT2D eigenvalue weighted by Crippen LogP contribution is 2.34. The zero-order valence-electron chi connectivity index (χ0n) is 16.2. The molecule has 1 saturated heterocycles. The normalized spacial score (nSPS) is 15.6. The third kappa shape index (κ3) is 3.96. The van der Waals surface area contributed by atoms with Crippen molar-refractivity contribution >= 4 is 22.9 Å². The van der Waals surface area contributed by atoms with Crippen molar-refractivity contribution in [3.8, 4) is 11.3 Å². The number of anilines is 1. The first-order valence-electron chi connectivity index (χ1n) is 9.69. The summed E-state index contributed by atoms with van der Waals surface area (Å²) in [6.07, 6.45) is 1.03. The molecule has 7 heteroatoms. The number of nitrogens with one attached hydrogen (secondary N) is 1. The minimum absolute atomic E-state index is 0.137. The Morgan fingerprint density at radius 3 is 2.55 bits per heavy atom. The average molecular weight is 395 g/mol. The van der Waals surface area contributed by atoms with Crippen LogP contribution < -0.4 is 11.1 Å². The highest BCUT2D eigenvalue weighted by molar-refractivity contribution is 5.90. The first kappa shape index (κ1) is 19.4. The molecule has 3 heterocycles. The van der Waals surface area contributed by atoms with Crippen molar-refractivity contribution in [2.24, 2.45) is 4.99 Å². The molecule has 0 radical (unpaired) electrons. The molecule has 1 aliphatic rings. The molecule has 150 valence electrons. The molecule has 0 atom stereocenters. The van der Waals surface area contributed by atoms with Crippen LogP contribution in [-0.4, -0.2) is 36.3 Å². The number of pyridine rings is 2. The fourth-order valence-electron chi connectivity index (χ4n) is 3.82. The van der Waals surface area contributed by atoms with Gasteiger partial charge in [0.25, 0.3) is 6.43 Å². The molecule has 5 nitrogen and oxygen atoms in total. The lowest BCUT2D eigenvalue weighted by molar-refractivity contribution is 0.152. The topological polar surface area (TPSA) is 76.2 Å². The largest absolute Gasteiger partial charge is 0.398 e. The molecule has 0 saturated carbocycles. The Balaban J connectivity index is 1.77. The summed E-state index contributed by atoms with van der Waals surface area (Å²) < 4.78 is 27.3. The third-order valence-corrected chi connectivity index (χ3v) is 5.36. The molecule has 3 aromatic rings. The zero-order valence-corrected chi connectivity index (χ0v) is 16.2. The first-order chi connectivity index (χ1) is 14.1. The van der Waals surface area contributed by atoms with Crippen molar-refractivity contribution in [1.29, 1.82) is 0 Å². The minimum atomic E-state index is -2.65. The smallest absolute Gasteiger partial charge is 0.264 e. The summed E-state index contributed by atoms with van der Waals surface area (Å²) >= 11 is 0. The minimum Gasteiger partial charge on any atom is -0.398 e. The van der Waals surface area contributed by atoms with E-state index in [9.17, 15) is 8.78 Å². The number of rotatable bonds is 4. The predicted octanol–water partition coefficient (Wildman–Crippen LogP) is 4.33. The first-order valence-corrected chi connectivity index (χ1v) is 9.69. The number of benzene rings is 1. The molecule has 4 rings (SSSR count). The SMILES string of the molecule is CN=Cc1cc(-c2ccc3nc(C4CCNCC4)ccc3n2)c(C(F)F)cc1N. The Labute approximate surface area is 168 Å². The summed E-state index contributed by atoms with van der Waals surface area (Å²) in [6, 6.07) is 10.4. The second-order valence-corrected chi connectivity index (χ2v) is 7.25. The number of nitrogens with zero attached hydrogens (tertiary/aromatic N) is 3. The van der Waals surface area contributed by atoms with Crippen LogP contribution >= 0.6 is 0 Å². The van der Waals surface area contributed by atoms with Gasteiger partial charge in [-0.05, 0) is 62.3 Å². The van der Waals surface area contributed by atoms with Gasteiger partial charge in [0.2, 0.25) is 0 Å². The van der Waals surface area contributed by atoms with Gasteiger partial charge in [-0.1, -0.05) is 0 Å². The standard InChI is InChI=1S/C22H23F2N5/c1-26-12-14-10-15(16(22(23)24)11-17(14)25)19-3-5-20-21(29-19)4-2-18(28-20)13-6-8-27-9-7-13/h2-5,10-13,22,27H,6-9,25H2,1H3. The summed E-state index contributed by atoms with van der Waals surface area (Å²) in [5.74, 6) is 0.443. The maximum atomic E-state index is 13.6. The van der Waals surface area contributed by atoms with Crippen molar-refractivity contribution in [2.75, 3.05) is 25.9 Å². The monoisotopic (exact) mass is 395 g/mol. The van der Waals surface area contributed by atoms with Crippen LogP contribution in [0.4, 0.5) is 14.5 Å². The van der Waals surface area contributed by atoms with E-state index in [1.54, 1.807) is 25.4 Å². The molecular weight excluding hydrogens is 372 g/mol. The third-order valence-electron chi connectivity index (χ3n) is 5.36. The highest BCUT2D eigenvalue weighted by Gasteiger charge is 2.19. The summed E-state index contributed by atoms with van der Waals surface area (Å²) in [4.78, 5) is 13.3. The number of fused-ring (bicyclic) bond motifs is 1. The molecule has 0 unspecified atom stereocenters. The maximum absolute atomic E-state index is 13.6. The van der Waals surface area contributed by atoms with Crippen LogP contribution in [0.1, 0.15) is 42.0 Å². The Bertz CT molecular complexity index is 1060. The number of piperidine rings is 1. The van der Waals surface area contributed by atoms with Crippen molar-refractivity contribution in [2.45, 2.75) is 25.2 Å². The van der Waals surface area contributed by atoms with Gasteiger partial charge in [-0.15, -0.1) is 0 Å². The van der Waals surface area contributed by atoms with Gasteiger partial charge in [0.15, 0.2) is 0 Å². The number of hydrogen-bond donors (Lipinski definition) is 2. The Kier molecular flexibility index (Phi) is 5.49. The molecule has 3 N–H and O–H groups in total. The molecule has 0 spiro atoms. The van der Waals surface area contributed by atoms with Gasteiger partial charge in [-0.25, -0.2) is 13.8 Å². The van der Waals surface area contributed by atoms with Crippen molar-refractivity contribution in [1.82, 2.24) is 15.3 Å². The Morgan fingerprint density at radius 2 is 1.83 bits per heavy atom. The molecule has 2 aromatic heterocycles. The molecule has 0 aliphatic carbocycles. The van der Waals surface area contributed by atoms with Crippen molar-refractivity contribution in [3.05, 3.63) is 53.2 Å². The van der Waals surface area contributed by atoms with Crippen LogP contribution in [-0.2, 0) is 0 Å².